The van der Waals surface area contributed by atoms with Crippen LogP contribution in [-0.4, -0.2) is 28.1 Å². The van der Waals surface area contributed by atoms with E-state index in [1.54, 1.807) is 13.0 Å². The first-order valence-corrected chi connectivity index (χ1v) is 5.67. The van der Waals surface area contributed by atoms with Crippen molar-refractivity contribution in [3.05, 3.63) is 45.6 Å². The second kappa shape index (κ2) is 5.39. The van der Waals surface area contributed by atoms with Gasteiger partial charge < -0.3 is 10.1 Å². The number of nitro benzene ring substituents is 1. The fourth-order valence-electron chi connectivity index (χ4n) is 1.64. The maximum atomic E-state index is 12.0. The lowest BCUT2D eigenvalue weighted by Crippen LogP contribution is -2.12. The SMILES string of the molecule is COc1cc(C(=O)Nc2cc(C)[nH]n2)ccc1[N+](=O)[O-]. The minimum Gasteiger partial charge on any atom is -0.490 e. The number of nitrogens with one attached hydrogen (secondary N) is 2. The number of benzene rings is 1. The van der Waals surface area contributed by atoms with Crippen LogP contribution in [0.15, 0.2) is 24.3 Å². The van der Waals surface area contributed by atoms with Crippen LogP contribution in [0.5, 0.6) is 5.75 Å². The number of H-pyrrole nitrogens is 1. The molecule has 0 aliphatic carbocycles. The predicted octanol–water partition coefficient (Wildman–Crippen LogP) is 1.89. The molecule has 2 N–H and O–H groups in total. The summed E-state index contributed by atoms with van der Waals surface area (Å²) in [6.07, 6.45) is 0. The average molecular weight is 276 g/mol. The van der Waals surface area contributed by atoms with Gasteiger partial charge in [-0.2, -0.15) is 5.10 Å². The van der Waals surface area contributed by atoms with Crippen LogP contribution < -0.4 is 10.1 Å². The zero-order valence-corrected chi connectivity index (χ0v) is 10.8. The number of ether oxygens (including phenoxy) is 1. The van der Waals surface area contributed by atoms with Crippen molar-refractivity contribution < 1.29 is 14.5 Å². The molecule has 1 aromatic carbocycles. The van der Waals surface area contributed by atoms with Gasteiger partial charge in [-0.25, -0.2) is 0 Å². The zero-order valence-electron chi connectivity index (χ0n) is 10.8. The summed E-state index contributed by atoms with van der Waals surface area (Å²) >= 11 is 0. The Bertz CT molecular complexity index is 665. The van der Waals surface area contributed by atoms with E-state index in [9.17, 15) is 14.9 Å². The minimum atomic E-state index is -0.572. The van der Waals surface area contributed by atoms with Crippen LogP contribution in [0.4, 0.5) is 11.5 Å². The number of rotatable bonds is 4. The summed E-state index contributed by atoms with van der Waals surface area (Å²) < 4.78 is 4.91. The quantitative estimate of drug-likeness (QED) is 0.654. The first kappa shape index (κ1) is 13.5. The Morgan fingerprint density at radius 3 is 2.75 bits per heavy atom. The third-order valence-corrected chi connectivity index (χ3v) is 2.59. The van der Waals surface area contributed by atoms with Crippen molar-refractivity contribution in [3.63, 3.8) is 0 Å². The molecule has 0 atom stereocenters. The maximum absolute atomic E-state index is 12.0. The van der Waals surface area contributed by atoms with Gasteiger partial charge in [0.2, 0.25) is 0 Å². The lowest BCUT2D eigenvalue weighted by atomic mass is 10.1. The van der Waals surface area contributed by atoms with Crippen LogP contribution in [0, 0.1) is 17.0 Å². The number of nitrogens with zero attached hydrogens (tertiary/aromatic N) is 2. The molecule has 8 heteroatoms. The highest BCUT2D eigenvalue weighted by atomic mass is 16.6. The molecule has 0 fully saturated rings. The first-order valence-electron chi connectivity index (χ1n) is 5.67. The van der Waals surface area contributed by atoms with Gasteiger partial charge >= 0.3 is 5.69 Å². The highest BCUT2D eigenvalue weighted by molar-refractivity contribution is 6.04. The van der Waals surface area contributed by atoms with E-state index in [1.165, 1.54) is 25.3 Å². The summed E-state index contributed by atoms with van der Waals surface area (Å²) in [5.41, 5.74) is 0.856. The van der Waals surface area contributed by atoms with E-state index in [0.29, 0.717) is 5.82 Å². The number of hydrogen-bond donors (Lipinski definition) is 2. The molecule has 0 unspecified atom stereocenters. The normalized spacial score (nSPS) is 10.1. The van der Waals surface area contributed by atoms with Gasteiger partial charge in [-0.3, -0.25) is 20.0 Å². The first-order chi connectivity index (χ1) is 9.51. The second-order valence-electron chi connectivity index (χ2n) is 4.03. The Kier molecular flexibility index (Phi) is 3.65. The second-order valence-corrected chi connectivity index (χ2v) is 4.03. The van der Waals surface area contributed by atoms with E-state index in [1.807, 2.05) is 0 Å². The van der Waals surface area contributed by atoms with Gasteiger partial charge in [0.15, 0.2) is 11.6 Å². The number of aromatic amines is 1. The van der Waals surface area contributed by atoms with Crippen LogP contribution >= 0.6 is 0 Å². The molecule has 104 valence electrons. The topological polar surface area (TPSA) is 110 Å². The number of carbonyl (C=O) groups is 1. The lowest BCUT2D eigenvalue weighted by molar-refractivity contribution is -0.385. The van der Waals surface area contributed by atoms with Crippen molar-refractivity contribution >= 4 is 17.4 Å². The number of methoxy groups -OCH3 is 1. The molecule has 1 aromatic heterocycles. The van der Waals surface area contributed by atoms with E-state index in [2.05, 4.69) is 15.5 Å². The molecule has 0 bridgehead atoms. The molecule has 0 saturated heterocycles. The van der Waals surface area contributed by atoms with Crippen LogP contribution in [0.1, 0.15) is 16.1 Å². The fraction of sp³-hybridized carbons (Fsp3) is 0.167. The van der Waals surface area contributed by atoms with E-state index in [4.69, 9.17) is 4.74 Å². The molecular formula is C12H12N4O4. The average Bonchev–Trinajstić information content (AvgIpc) is 2.83. The van der Waals surface area contributed by atoms with Crippen LogP contribution in [0.2, 0.25) is 0 Å². The molecule has 2 rings (SSSR count). The summed E-state index contributed by atoms with van der Waals surface area (Å²) in [6, 6.07) is 5.56. The largest absolute Gasteiger partial charge is 0.490 e. The number of hydrogen-bond acceptors (Lipinski definition) is 5. The molecule has 0 saturated carbocycles. The summed E-state index contributed by atoms with van der Waals surface area (Å²) in [5, 5.41) is 19.9. The molecule has 0 aliphatic rings. The van der Waals surface area contributed by atoms with Crippen molar-refractivity contribution in [3.8, 4) is 5.75 Å². The third-order valence-electron chi connectivity index (χ3n) is 2.59. The molecule has 0 aliphatic heterocycles. The minimum absolute atomic E-state index is 0.0286. The van der Waals surface area contributed by atoms with Crippen LogP contribution in [0.3, 0.4) is 0 Å². The standard InChI is InChI=1S/C12H12N4O4/c1-7-5-11(15-14-7)13-12(17)8-3-4-9(16(18)19)10(6-8)20-2/h3-6H,1-2H3,(H2,13,14,15,17). The van der Waals surface area contributed by atoms with Crippen molar-refractivity contribution in [1.29, 1.82) is 0 Å². The van der Waals surface area contributed by atoms with E-state index in [0.717, 1.165) is 5.69 Å². The number of aromatic nitrogens is 2. The number of nitro groups is 1. The van der Waals surface area contributed by atoms with Gasteiger partial charge in [0.05, 0.1) is 12.0 Å². The fourth-order valence-corrected chi connectivity index (χ4v) is 1.64. The Labute approximate surface area is 113 Å². The molecule has 2 aromatic rings. The summed E-state index contributed by atoms with van der Waals surface area (Å²) in [4.78, 5) is 22.2. The monoisotopic (exact) mass is 276 g/mol. The highest BCUT2D eigenvalue weighted by Gasteiger charge is 2.17. The Balaban J connectivity index is 2.24. The van der Waals surface area contributed by atoms with Crippen molar-refractivity contribution in [2.45, 2.75) is 6.92 Å². The summed E-state index contributed by atoms with van der Waals surface area (Å²) in [6.45, 7) is 1.80. The Morgan fingerprint density at radius 1 is 1.45 bits per heavy atom. The molecule has 20 heavy (non-hydrogen) atoms. The van der Waals surface area contributed by atoms with Gasteiger partial charge in [0, 0.05) is 29.5 Å². The smallest absolute Gasteiger partial charge is 0.310 e. The molecular weight excluding hydrogens is 264 g/mol. The number of carbonyl (C=O) groups excluding carboxylic acids is 1. The number of amides is 1. The number of aryl methyl sites for hydroxylation is 1. The number of anilines is 1. The van der Waals surface area contributed by atoms with E-state index >= 15 is 0 Å². The Hall–Kier alpha value is -2.90. The third kappa shape index (κ3) is 2.74. The van der Waals surface area contributed by atoms with Crippen molar-refractivity contribution in [2.75, 3.05) is 12.4 Å². The molecule has 8 nitrogen and oxygen atoms in total. The predicted molar refractivity (Wildman–Crippen MR) is 70.9 cm³/mol. The van der Waals surface area contributed by atoms with Crippen LogP contribution in [-0.2, 0) is 0 Å². The van der Waals surface area contributed by atoms with Gasteiger partial charge in [0.1, 0.15) is 0 Å². The van der Waals surface area contributed by atoms with Gasteiger partial charge in [-0.15, -0.1) is 0 Å². The van der Waals surface area contributed by atoms with E-state index < -0.39 is 10.8 Å². The van der Waals surface area contributed by atoms with Gasteiger partial charge in [-0.05, 0) is 13.0 Å². The lowest BCUT2D eigenvalue weighted by Gasteiger charge is -2.05. The van der Waals surface area contributed by atoms with Crippen LogP contribution in [0.25, 0.3) is 0 Å². The summed E-state index contributed by atoms with van der Waals surface area (Å²) in [7, 11) is 1.31. The molecule has 0 spiro atoms. The van der Waals surface area contributed by atoms with Crippen molar-refractivity contribution in [1.82, 2.24) is 10.2 Å². The molecule has 1 heterocycles. The summed E-state index contributed by atoms with van der Waals surface area (Å²) in [5.74, 6) is -0.0182. The molecule has 1 amide bonds. The van der Waals surface area contributed by atoms with Gasteiger partial charge in [-0.1, -0.05) is 0 Å². The van der Waals surface area contributed by atoms with E-state index in [-0.39, 0.29) is 17.0 Å². The zero-order chi connectivity index (χ0) is 14.7. The molecule has 0 radical (unpaired) electrons. The highest BCUT2D eigenvalue weighted by Crippen LogP contribution is 2.27. The van der Waals surface area contributed by atoms with Crippen molar-refractivity contribution in [2.24, 2.45) is 0 Å². The maximum Gasteiger partial charge on any atom is 0.310 e. The Morgan fingerprint density at radius 2 is 2.20 bits per heavy atom. The van der Waals surface area contributed by atoms with Gasteiger partial charge in [0.25, 0.3) is 5.91 Å².